The van der Waals surface area contributed by atoms with Gasteiger partial charge in [0.25, 0.3) is 0 Å². The largest absolute Gasteiger partial charge is 0.397 e. The number of nitrogens with one attached hydrogen (secondary N) is 1. The van der Waals surface area contributed by atoms with Crippen LogP contribution < -0.4 is 16.8 Å². The van der Waals surface area contributed by atoms with Crippen LogP contribution in [0.2, 0.25) is 0 Å². The van der Waals surface area contributed by atoms with E-state index in [4.69, 9.17) is 11.5 Å². The van der Waals surface area contributed by atoms with Crippen molar-refractivity contribution < 1.29 is 5.11 Å². The topological polar surface area (TPSA) is 110 Å². The number of nitrogens with zero attached hydrogens (tertiary/aromatic N) is 2. The van der Waals surface area contributed by atoms with Gasteiger partial charge in [-0.3, -0.25) is 0 Å². The lowest BCUT2D eigenvalue weighted by molar-refractivity contribution is 0.234. The van der Waals surface area contributed by atoms with Crippen LogP contribution >= 0.6 is 11.8 Å². The summed E-state index contributed by atoms with van der Waals surface area (Å²) in [6.07, 6.45) is 1.70. The second kappa shape index (κ2) is 6.85. The van der Waals surface area contributed by atoms with E-state index in [1.165, 1.54) is 11.8 Å². The highest BCUT2D eigenvalue weighted by Gasteiger charge is 2.16. The zero-order valence-electron chi connectivity index (χ0n) is 12.7. The highest BCUT2D eigenvalue weighted by atomic mass is 32.2. The number of aliphatic hydroxyl groups is 1. The zero-order chi connectivity index (χ0) is 16.2. The molecule has 6 N–H and O–H groups in total. The van der Waals surface area contributed by atoms with Gasteiger partial charge in [0.15, 0.2) is 5.16 Å². The van der Waals surface area contributed by atoms with Gasteiger partial charge in [-0.25, -0.2) is 9.97 Å². The van der Waals surface area contributed by atoms with Crippen LogP contribution in [0.5, 0.6) is 0 Å². The van der Waals surface area contributed by atoms with Crippen molar-refractivity contribution in [1.29, 1.82) is 0 Å². The first-order valence-electron chi connectivity index (χ1n) is 6.88. The second-order valence-electron chi connectivity index (χ2n) is 5.64. The first-order chi connectivity index (χ1) is 10.4. The fourth-order valence-electron chi connectivity index (χ4n) is 1.73. The summed E-state index contributed by atoms with van der Waals surface area (Å²) >= 11 is 1.51. The Morgan fingerprint density at radius 2 is 2.00 bits per heavy atom. The van der Waals surface area contributed by atoms with Crippen LogP contribution in [-0.2, 0) is 5.75 Å². The summed E-state index contributed by atoms with van der Waals surface area (Å²) in [5, 5.41) is 13.1. The first kappa shape index (κ1) is 16.4. The monoisotopic (exact) mass is 319 g/mol. The fraction of sp³-hybridized carbons (Fsp3) is 0.333. The number of aliphatic hydroxyl groups excluding tert-OH is 1. The Labute approximate surface area is 134 Å². The van der Waals surface area contributed by atoms with Gasteiger partial charge in [0.2, 0.25) is 0 Å². The normalized spacial score (nSPS) is 11.4. The molecule has 2 rings (SSSR count). The van der Waals surface area contributed by atoms with Crippen molar-refractivity contribution in [2.45, 2.75) is 30.3 Å². The Bertz CT molecular complexity index is 648. The van der Waals surface area contributed by atoms with Crippen LogP contribution in [0.3, 0.4) is 0 Å². The van der Waals surface area contributed by atoms with Crippen molar-refractivity contribution >= 4 is 29.0 Å². The third-order valence-corrected chi connectivity index (χ3v) is 3.95. The predicted molar refractivity (Wildman–Crippen MR) is 91.6 cm³/mol. The van der Waals surface area contributed by atoms with Gasteiger partial charge < -0.3 is 21.9 Å². The van der Waals surface area contributed by atoms with E-state index in [0.717, 1.165) is 5.56 Å². The van der Waals surface area contributed by atoms with Gasteiger partial charge in [0.05, 0.1) is 23.5 Å². The molecule has 0 aliphatic heterocycles. The Morgan fingerprint density at radius 1 is 1.23 bits per heavy atom. The van der Waals surface area contributed by atoms with Crippen LogP contribution in [0.1, 0.15) is 19.4 Å². The number of thioether (sulfide) groups is 1. The molecule has 6 nitrogen and oxygen atoms in total. The van der Waals surface area contributed by atoms with Crippen molar-refractivity contribution in [2.75, 3.05) is 23.4 Å². The third-order valence-electron chi connectivity index (χ3n) is 3.01. The summed E-state index contributed by atoms with van der Waals surface area (Å²) < 4.78 is 0. The minimum absolute atomic E-state index is 0.0180. The van der Waals surface area contributed by atoms with E-state index in [-0.39, 0.29) is 6.61 Å². The molecule has 0 spiro atoms. The number of hydrogen-bond acceptors (Lipinski definition) is 7. The molecule has 0 saturated carbocycles. The molecule has 2 aromatic rings. The molecule has 0 fully saturated rings. The molecule has 1 aromatic heterocycles. The van der Waals surface area contributed by atoms with Gasteiger partial charge in [-0.1, -0.05) is 17.8 Å². The minimum atomic E-state index is -0.429. The molecule has 118 valence electrons. The number of benzene rings is 1. The quantitative estimate of drug-likeness (QED) is 0.367. The Balaban J connectivity index is 2.02. The van der Waals surface area contributed by atoms with Gasteiger partial charge in [0, 0.05) is 11.9 Å². The molecule has 0 radical (unpaired) electrons. The summed E-state index contributed by atoms with van der Waals surface area (Å²) in [5.41, 5.74) is 13.3. The number of nitrogens with two attached hydrogens (primary N) is 2. The first-order valence-corrected chi connectivity index (χ1v) is 7.87. The average molecular weight is 319 g/mol. The standard InChI is InChI=1S/C15H21N5OS/c1-15(2,9-21)20-13-5-6-18-14(19-13)22-8-10-3-4-11(16)12(17)7-10/h3-7,21H,8-9,16-17H2,1-2H3,(H,18,19,20). The van der Waals surface area contributed by atoms with Crippen LogP contribution in [0.4, 0.5) is 17.2 Å². The SMILES string of the molecule is CC(C)(CO)Nc1ccnc(SCc2ccc(N)c(N)c2)n1. The lowest BCUT2D eigenvalue weighted by Gasteiger charge is -2.24. The summed E-state index contributed by atoms with van der Waals surface area (Å²) in [6, 6.07) is 7.38. The van der Waals surface area contributed by atoms with E-state index in [2.05, 4.69) is 15.3 Å². The molecule has 22 heavy (non-hydrogen) atoms. The maximum absolute atomic E-state index is 9.29. The molecular weight excluding hydrogens is 298 g/mol. The summed E-state index contributed by atoms with van der Waals surface area (Å²) in [7, 11) is 0. The Hall–Kier alpha value is -1.99. The number of nitrogen functional groups attached to an aromatic ring is 2. The van der Waals surface area contributed by atoms with E-state index in [9.17, 15) is 5.11 Å². The molecule has 0 amide bonds. The molecule has 1 heterocycles. The third kappa shape index (κ3) is 4.51. The molecule has 0 saturated heterocycles. The van der Waals surface area contributed by atoms with Crippen molar-refractivity contribution in [3.05, 3.63) is 36.0 Å². The highest BCUT2D eigenvalue weighted by Crippen LogP contribution is 2.24. The summed E-state index contributed by atoms with van der Waals surface area (Å²) in [6.45, 7) is 3.82. The minimum Gasteiger partial charge on any atom is -0.397 e. The van der Waals surface area contributed by atoms with Gasteiger partial charge in [-0.05, 0) is 37.6 Å². The maximum Gasteiger partial charge on any atom is 0.189 e. The summed E-state index contributed by atoms with van der Waals surface area (Å²) in [4.78, 5) is 8.68. The molecule has 1 aromatic carbocycles. The lowest BCUT2D eigenvalue weighted by atomic mass is 10.1. The van der Waals surface area contributed by atoms with Gasteiger partial charge in [-0.2, -0.15) is 0 Å². The molecule has 0 aliphatic rings. The number of hydrogen-bond donors (Lipinski definition) is 4. The maximum atomic E-state index is 9.29. The second-order valence-corrected chi connectivity index (χ2v) is 6.59. The van der Waals surface area contributed by atoms with E-state index in [1.54, 1.807) is 18.3 Å². The summed E-state index contributed by atoms with van der Waals surface area (Å²) in [5.74, 6) is 1.39. The average Bonchev–Trinajstić information content (AvgIpc) is 2.48. The number of aromatic nitrogens is 2. The Kier molecular flexibility index (Phi) is 5.10. The molecule has 0 unspecified atom stereocenters. The molecule has 0 bridgehead atoms. The lowest BCUT2D eigenvalue weighted by Crippen LogP contribution is -2.35. The smallest absolute Gasteiger partial charge is 0.189 e. The number of rotatable bonds is 6. The van der Waals surface area contributed by atoms with Crippen LogP contribution in [-0.4, -0.2) is 27.2 Å². The van der Waals surface area contributed by atoms with E-state index in [0.29, 0.717) is 28.1 Å². The van der Waals surface area contributed by atoms with E-state index in [1.807, 2.05) is 26.0 Å². The van der Waals surface area contributed by atoms with Crippen LogP contribution in [0, 0.1) is 0 Å². The van der Waals surface area contributed by atoms with Crippen molar-refractivity contribution in [3.8, 4) is 0 Å². The highest BCUT2D eigenvalue weighted by molar-refractivity contribution is 7.98. The zero-order valence-corrected chi connectivity index (χ0v) is 13.5. The van der Waals surface area contributed by atoms with E-state index < -0.39 is 5.54 Å². The fourth-order valence-corrected chi connectivity index (χ4v) is 2.50. The molecule has 0 aliphatic carbocycles. The number of anilines is 3. The van der Waals surface area contributed by atoms with Crippen LogP contribution in [0.15, 0.2) is 35.6 Å². The molecule has 7 heteroatoms. The van der Waals surface area contributed by atoms with Gasteiger partial charge >= 0.3 is 0 Å². The molecular formula is C15H21N5OS. The Morgan fingerprint density at radius 3 is 2.68 bits per heavy atom. The van der Waals surface area contributed by atoms with Crippen molar-refractivity contribution in [3.63, 3.8) is 0 Å². The van der Waals surface area contributed by atoms with Crippen molar-refractivity contribution in [1.82, 2.24) is 9.97 Å². The van der Waals surface area contributed by atoms with E-state index >= 15 is 0 Å². The predicted octanol–water partition coefficient (Wildman–Crippen LogP) is 2.12. The van der Waals surface area contributed by atoms with Gasteiger partial charge in [-0.15, -0.1) is 0 Å². The van der Waals surface area contributed by atoms with Crippen molar-refractivity contribution in [2.24, 2.45) is 0 Å². The van der Waals surface area contributed by atoms with Gasteiger partial charge in [0.1, 0.15) is 5.82 Å². The molecule has 0 atom stereocenters. The van der Waals surface area contributed by atoms with Crippen LogP contribution in [0.25, 0.3) is 0 Å².